The highest BCUT2D eigenvalue weighted by Gasteiger charge is 2.23. The van der Waals surface area contributed by atoms with E-state index in [1.54, 1.807) is 0 Å². The number of unbranched alkanes of at least 4 members (excludes halogenated alkanes) is 20. The van der Waals surface area contributed by atoms with Crippen LogP contribution in [0.2, 0.25) is 0 Å². The van der Waals surface area contributed by atoms with Gasteiger partial charge in [0, 0.05) is 25.9 Å². The summed E-state index contributed by atoms with van der Waals surface area (Å²) in [6, 6.07) is 0. The van der Waals surface area contributed by atoms with Gasteiger partial charge in [-0.3, -0.25) is 14.4 Å². The summed E-state index contributed by atoms with van der Waals surface area (Å²) in [7, 11) is 4.18. The molecule has 48 heavy (non-hydrogen) atoms. The number of likely N-dealkylation sites (N-methyl/N-ethyl adjacent to an activating group) is 1. The summed E-state index contributed by atoms with van der Waals surface area (Å²) in [5.41, 5.74) is 0. The molecule has 0 aromatic heterocycles. The molecule has 0 atom stereocenters. The predicted octanol–water partition coefficient (Wildman–Crippen LogP) is 10.6. The van der Waals surface area contributed by atoms with Crippen LogP contribution in [0, 0.1) is 0 Å². The van der Waals surface area contributed by atoms with E-state index in [0.717, 1.165) is 38.6 Å². The number of hydrogen-bond donors (Lipinski definition) is 0. The molecule has 0 N–H and O–H groups in total. The van der Waals surface area contributed by atoms with Gasteiger partial charge in [-0.2, -0.15) is 0 Å². The first-order valence-corrected chi connectivity index (χ1v) is 20.7. The lowest BCUT2D eigenvalue weighted by Crippen LogP contribution is -2.49. The van der Waals surface area contributed by atoms with Gasteiger partial charge < -0.3 is 18.9 Å². The van der Waals surface area contributed by atoms with E-state index in [-0.39, 0.29) is 17.8 Å². The minimum absolute atomic E-state index is 0.105. The molecule has 7 heteroatoms. The van der Waals surface area contributed by atoms with Crippen LogP contribution in [-0.4, -0.2) is 80.7 Å². The average molecular weight is 682 g/mol. The third kappa shape index (κ3) is 31.6. The fourth-order valence-electron chi connectivity index (χ4n) is 6.41. The Balaban J connectivity index is 4.19. The Hall–Kier alpha value is -1.63. The monoisotopic (exact) mass is 682 g/mol. The van der Waals surface area contributed by atoms with Gasteiger partial charge in [0.15, 0.2) is 6.54 Å². The van der Waals surface area contributed by atoms with E-state index in [1.165, 1.54) is 116 Å². The van der Waals surface area contributed by atoms with Gasteiger partial charge in [-0.25, -0.2) is 0 Å². The van der Waals surface area contributed by atoms with Crippen LogP contribution >= 0.6 is 0 Å². The second-order valence-electron chi connectivity index (χ2n) is 14.9. The van der Waals surface area contributed by atoms with Crippen molar-refractivity contribution in [3.05, 3.63) is 0 Å². The summed E-state index contributed by atoms with van der Waals surface area (Å²) in [4.78, 5) is 39.6. The van der Waals surface area contributed by atoms with Crippen molar-refractivity contribution in [1.82, 2.24) is 4.90 Å². The van der Waals surface area contributed by atoms with Crippen LogP contribution in [0.5, 0.6) is 0 Å². The molecule has 0 aliphatic rings. The molecule has 0 spiro atoms. The molecule has 0 saturated heterocycles. The zero-order valence-electron chi connectivity index (χ0n) is 32.8. The van der Waals surface area contributed by atoms with Crippen LogP contribution in [0.15, 0.2) is 0 Å². The molecule has 284 valence electrons. The van der Waals surface area contributed by atoms with Crippen molar-refractivity contribution in [2.24, 2.45) is 0 Å². The molecule has 0 aromatic rings. The summed E-state index contributed by atoms with van der Waals surface area (Å²) in [6.07, 6.45) is 30.9. The summed E-state index contributed by atoms with van der Waals surface area (Å²) in [5, 5.41) is 0. The Kier molecular flexibility index (Phi) is 32.7. The zero-order valence-corrected chi connectivity index (χ0v) is 32.8. The molecule has 0 bridgehead atoms. The highest BCUT2D eigenvalue weighted by Crippen LogP contribution is 2.14. The van der Waals surface area contributed by atoms with E-state index in [9.17, 15) is 14.4 Å². The smallest absolute Gasteiger partial charge is 0.305 e. The molecule has 0 heterocycles. The van der Waals surface area contributed by atoms with E-state index in [0.29, 0.717) is 63.0 Å². The summed E-state index contributed by atoms with van der Waals surface area (Å²) < 4.78 is 11.7. The van der Waals surface area contributed by atoms with E-state index in [1.807, 2.05) is 4.90 Å². The topological polar surface area (TPSA) is 72.9 Å². The van der Waals surface area contributed by atoms with Gasteiger partial charge in [0.1, 0.15) is 0 Å². The molecule has 0 aliphatic heterocycles. The maximum Gasteiger partial charge on any atom is 0.305 e. The molecule has 0 saturated carbocycles. The lowest BCUT2D eigenvalue weighted by molar-refractivity contribution is -0.882. The van der Waals surface area contributed by atoms with Crippen molar-refractivity contribution in [2.75, 3.05) is 53.5 Å². The van der Waals surface area contributed by atoms with E-state index >= 15 is 0 Å². The molecule has 1 amide bonds. The van der Waals surface area contributed by atoms with Crippen molar-refractivity contribution < 1.29 is 28.3 Å². The second-order valence-corrected chi connectivity index (χ2v) is 14.9. The number of rotatable bonds is 36. The Labute approximate surface area is 298 Å². The average Bonchev–Trinajstić information content (AvgIpc) is 3.05. The zero-order chi connectivity index (χ0) is 35.6. The van der Waals surface area contributed by atoms with E-state index < -0.39 is 0 Å². The molecule has 0 aromatic carbocycles. The highest BCUT2D eigenvalue weighted by molar-refractivity contribution is 5.77. The number of nitrogens with zero attached hydrogens (tertiary/aromatic N) is 2. The van der Waals surface area contributed by atoms with Crippen LogP contribution < -0.4 is 0 Å². The normalized spacial score (nSPS) is 11.5. The molecule has 0 aliphatic carbocycles. The van der Waals surface area contributed by atoms with Gasteiger partial charge in [-0.05, 0) is 32.1 Å². The number of esters is 2. The number of amides is 1. The number of carbonyl (C=O) groups excluding carboxylic acids is 3. The minimum Gasteiger partial charge on any atom is -0.466 e. The number of ether oxygens (including phenoxy) is 2. The van der Waals surface area contributed by atoms with E-state index in [2.05, 4.69) is 34.9 Å². The van der Waals surface area contributed by atoms with Crippen molar-refractivity contribution in [2.45, 2.75) is 194 Å². The molecular formula is C41H81N2O5+. The quantitative estimate of drug-likeness (QED) is 0.0374. The molecule has 0 rings (SSSR count). The van der Waals surface area contributed by atoms with Gasteiger partial charge in [-0.15, -0.1) is 0 Å². The van der Waals surface area contributed by atoms with Crippen LogP contribution in [0.4, 0.5) is 0 Å². The minimum atomic E-state index is -0.130. The predicted molar refractivity (Wildman–Crippen MR) is 202 cm³/mol. The molecule has 0 radical (unpaired) electrons. The van der Waals surface area contributed by atoms with Crippen LogP contribution in [-0.2, 0) is 23.9 Å². The van der Waals surface area contributed by atoms with E-state index in [4.69, 9.17) is 9.47 Å². The fraction of sp³-hybridized carbons (Fsp3) is 0.927. The molecule has 0 unspecified atom stereocenters. The Morgan fingerprint density at radius 1 is 0.458 bits per heavy atom. The first kappa shape index (κ1) is 46.4. The summed E-state index contributed by atoms with van der Waals surface area (Å²) in [6.45, 7) is 9.78. The van der Waals surface area contributed by atoms with Crippen molar-refractivity contribution in [3.63, 3.8) is 0 Å². The van der Waals surface area contributed by atoms with Gasteiger partial charge in [0.05, 0.1) is 33.9 Å². The van der Waals surface area contributed by atoms with Crippen molar-refractivity contribution in [3.8, 4) is 0 Å². The standard InChI is InChI=1S/C41H81N2O5/c1-6-9-11-13-15-17-19-21-23-25-27-31-40(45)47-36-29-33-42(39(44)38-43(4,5)35-8-3)34-30-37-48-41(46)32-28-26-24-22-20-18-16-14-12-10-7-2/h6-38H2,1-5H3/q+1. The Morgan fingerprint density at radius 3 is 1.12 bits per heavy atom. The van der Waals surface area contributed by atoms with Gasteiger partial charge in [0.25, 0.3) is 5.91 Å². The fourth-order valence-corrected chi connectivity index (χ4v) is 6.41. The van der Waals surface area contributed by atoms with Crippen molar-refractivity contribution in [1.29, 1.82) is 0 Å². The third-order valence-electron chi connectivity index (χ3n) is 9.38. The first-order valence-electron chi connectivity index (χ1n) is 20.7. The molecular weight excluding hydrogens is 600 g/mol. The molecule has 7 nitrogen and oxygen atoms in total. The largest absolute Gasteiger partial charge is 0.466 e. The van der Waals surface area contributed by atoms with Crippen molar-refractivity contribution >= 4 is 17.8 Å². The van der Waals surface area contributed by atoms with Crippen LogP contribution in [0.3, 0.4) is 0 Å². The number of quaternary nitrogens is 1. The number of hydrogen-bond acceptors (Lipinski definition) is 5. The van der Waals surface area contributed by atoms with Gasteiger partial charge in [-0.1, -0.05) is 149 Å². The van der Waals surface area contributed by atoms with Gasteiger partial charge in [0.2, 0.25) is 0 Å². The molecule has 0 fully saturated rings. The summed E-state index contributed by atoms with van der Waals surface area (Å²) >= 11 is 0. The Morgan fingerprint density at radius 2 is 0.792 bits per heavy atom. The summed E-state index contributed by atoms with van der Waals surface area (Å²) in [5.74, 6) is -0.156. The first-order chi connectivity index (χ1) is 23.3. The lowest BCUT2D eigenvalue weighted by Gasteiger charge is -2.32. The third-order valence-corrected chi connectivity index (χ3v) is 9.38. The maximum atomic E-state index is 13.2. The SMILES string of the molecule is CCCCCCCCCCCCCC(=O)OCCCN(CCCOC(=O)CCCCCCCCCCCCC)C(=O)C[N+](C)(C)CCC. The lowest BCUT2D eigenvalue weighted by atomic mass is 10.1. The van der Waals surface area contributed by atoms with Gasteiger partial charge >= 0.3 is 11.9 Å². The second kappa shape index (κ2) is 33.8. The number of carbonyl (C=O) groups is 3. The maximum absolute atomic E-state index is 13.2. The van der Waals surface area contributed by atoms with Crippen LogP contribution in [0.25, 0.3) is 0 Å². The van der Waals surface area contributed by atoms with Crippen LogP contribution in [0.1, 0.15) is 194 Å². The Bertz CT molecular complexity index is 711. The highest BCUT2D eigenvalue weighted by atomic mass is 16.5.